The van der Waals surface area contributed by atoms with E-state index in [0.717, 1.165) is 29.7 Å². The van der Waals surface area contributed by atoms with Crippen LogP contribution < -0.4 is 5.32 Å². The number of aryl methyl sites for hydroxylation is 1. The summed E-state index contributed by atoms with van der Waals surface area (Å²) in [7, 11) is 0. The summed E-state index contributed by atoms with van der Waals surface area (Å²) >= 11 is 12.5. The maximum Gasteiger partial charge on any atom is 0.123 e. The van der Waals surface area contributed by atoms with Gasteiger partial charge >= 0.3 is 0 Å². The molecule has 2 aromatic carbocycles. The highest BCUT2D eigenvalue weighted by molar-refractivity contribution is 6.31. The molecule has 0 radical (unpaired) electrons. The molecule has 0 fully saturated rings. The highest BCUT2D eigenvalue weighted by Crippen LogP contribution is 2.31. The van der Waals surface area contributed by atoms with Crippen LogP contribution in [0.4, 0.5) is 4.39 Å². The molecule has 4 heteroatoms. The largest absolute Gasteiger partial charge is 0.306 e. The first kappa shape index (κ1) is 16.3. The van der Waals surface area contributed by atoms with Gasteiger partial charge in [0.25, 0.3) is 0 Å². The first-order chi connectivity index (χ1) is 10.0. The minimum atomic E-state index is -0.295. The molecule has 21 heavy (non-hydrogen) atoms. The fraction of sp³-hybridized carbons (Fsp3) is 0.294. The summed E-state index contributed by atoms with van der Waals surface area (Å²) in [5, 5.41) is 4.65. The lowest BCUT2D eigenvalue weighted by Crippen LogP contribution is -2.23. The monoisotopic (exact) mass is 325 g/mol. The molecule has 1 nitrogen and oxygen atoms in total. The van der Waals surface area contributed by atoms with Crippen molar-refractivity contribution in [3.63, 3.8) is 0 Å². The van der Waals surface area contributed by atoms with Gasteiger partial charge in [-0.15, -0.1) is 0 Å². The Morgan fingerprint density at radius 2 is 1.86 bits per heavy atom. The van der Waals surface area contributed by atoms with Crippen molar-refractivity contribution in [2.24, 2.45) is 0 Å². The second kappa shape index (κ2) is 7.26. The summed E-state index contributed by atoms with van der Waals surface area (Å²) in [6.45, 7) is 4.85. The molecule has 0 aliphatic heterocycles. The van der Waals surface area contributed by atoms with Gasteiger partial charge in [0.1, 0.15) is 5.82 Å². The third-order valence-corrected chi connectivity index (χ3v) is 4.15. The van der Waals surface area contributed by atoms with Gasteiger partial charge in [-0.05, 0) is 60.8 Å². The van der Waals surface area contributed by atoms with Crippen molar-refractivity contribution in [1.29, 1.82) is 0 Å². The minimum Gasteiger partial charge on any atom is -0.306 e. The zero-order valence-corrected chi connectivity index (χ0v) is 13.6. The lowest BCUT2D eigenvalue weighted by molar-refractivity contribution is 0.585. The molecule has 0 aliphatic carbocycles. The van der Waals surface area contributed by atoms with Crippen LogP contribution in [0.15, 0.2) is 36.4 Å². The van der Waals surface area contributed by atoms with Gasteiger partial charge < -0.3 is 5.32 Å². The average molecular weight is 326 g/mol. The molecular formula is C17H18Cl2FN. The van der Waals surface area contributed by atoms with Crippen LogP contribution in [0.25, 0.3) is 0 Å². The summed E-state index contributed by atoms with van der Waals surface area (Å²) in [5.41, 5.74) is 2.72. The van der Waals surface area contributed by atoms with Gasteiger partial charge in [0.2, 0.25) is 0 Å². The van der Waals surface area contributed by atoms with E-state index in [1.54, 1.807) is 6.07 Å². The maximum absolute atomic E-state index is 13.6. The molecule has 1 N–H and O–H groups in total. The van der Waals surface area contributed by atoms with E-state index in [2.05, 4.69) is 12.2 Å². The van der Waals surface area contributed by atoms with Crippen LogP contribution in [0, 0.1) is 12.7 Å². The standard InChI is InChI=1S/C17H18Cl2FN/c1-3-8-21-17(12-5-4-11(2)16(19)9-12)14-10-13(20)6-7-15(14)18/h4-7,9-10,17,21H,3,8H2,1-2H3. The van der Waals surface area contributed by atoms with Crippen molar-refractivity contribution >= 4 is 23.2 Å². The topological polar surface area (TPSA) is 12.0 Å². The van der Waals surface area contributed by atoms with Crippen LogP contribution in [0.2, 0.25) is 10.0 Å². The fourth-order valence-electron chi connectivity index (χ4n) is 2.22. The fourth-order valence-corrected chi connectivity index (χ4v) is 2.64. The van der Waals surface area contributed by atoms with Crippen molar-refractivity contribution < 1.29 is 4.39 Å². The summed E-state index contributed by atoms with van der Waals surface area (Å²) < 4.78 is 13.6. The minimum absolute atomic E-state index is 0.175. The van der Waals surface area contributed by atoms with E-state index in [4.69, 9.17) is 23.2 Å². The van der Waals surface area contributed by atoms with Gasteiger partial charge in [0, 0.05) is 10.0 Å². The van der Waals surface area contributed by atoms with Crippen molar-refractivity contribution in [1.82, 2.24) is 5.32 Å². The predicted octanol–water partition coefficient (Wildman–Crippen LogP) is 5.53. The van der Waals surface area contributed by atoms with Gasteiger partial charge in [-0.3, -0.25) is 0 Å². The molecule has 2 rings (SSSR count). The molecule has 0 saturated carbocycles. The van der Waals surface area contributed by atoms with Crippen LogP contribution in [0.3, 0.4) is 0 Å². The van der Waals surface area contributed by atoms with E-state index in [1.165, 1.54) is 12.1 Å². The van der Waals surface area contributed by atoms with E-state index in [1.807, 2.05) is 25.1 Å². The summed E-state index contributed by atoms with van der Waals surface area (Å²) in [5.74, 6) is -0.295. The molecule has 0 aromatic heterocycles. The third-order valence-electron chi connectivity index (χ3n) is 3.40. The Hall–Kier alpha value is -1.09. The van der Waals surface area contributed by atoms with E-state index >= 15 is 0 Å². The number of halogens is 3. The van der Waals surface area contributed by atoms with E-state index < -0.39 is 0 Å². The molecule has 1 unspecified atom stereocenters. The Morgan fingerprint density at radius 3 is 2.52 bits per heavy atom. The lowest BCUT2D eigenvalue weighted by Gasteiger charge is -2.21. The van der Waals surface area contributed by atoms with Gasteiger partial charge in [-0.25, -0.2) is 4.39 Å². The Morgan fingerprint density at radius 1 is 1.10 bits per heavy atom. The maximum atomic E-state index is 13.6. The Bertz CT molecular complexity index is 628. The van der Waals surface area contributed by atoms with Gasteiger partial charge in [-0.1, -0.05) is 42.3 Å². The molecule has 0 aliphatic rings. The number of hydrogen-bond acceptors (Lipinski definition) is 1. The number of benzene rings is 2. The number of rotatable bonds is 5. The molecule has 112 valence electrons. The molecule has 2 aromatic rings. The molecule has 0 heterocycles. The molecule has 1 atom stereocenters. The Balaban J connectivity index is 2.46. The van der Waals surface area contributed by atoms with Crippen molar-refractivity contribution in [2.45, 2.75) is 26.3 Å². The van der Waals surface area contributed by atoms with E-state index in [9.17, 15) is 4.39 Å². The van der Waals surface area contributed by atoms with Crippen LogP contribution >= 0.6 is 23.2 Å². The highest BCUT2D eigenvalue weighted by atomic mass is 35.5. The number of hydrogen-bond donors (Lipinski definition) is 1. The zero-order valence-electron chi connectivity index (χ0n) is 12.1. The summed E-state index contributed by atoms with van der Waals surface area (Å²) in [6, 6.07) is 10.1. The summed E-state index contributed by atoms with van der Waals surface area (Å²) in [6.07, 6.45) is 0.975. The normalized spacial score (nSPS) is 12.4. The zero-order chi connectivity index (χ0) is 15.4. The van der Waals surface area contributed by atoms with Crippen molar-refractivity contribution in [2.75, 3.05) is 6.54 Å². The quantitative estimate of drug-likeness (QED) is 0.762. The molecule has 0 bridgehead atoms. The van der Waals surface area contributed by atoms with Crippen LogP contribution in [0.1, 0.15) is 36.1 Å². The van der Waals surface area contributed by atoms with Gasteiger partial charge in [-0.2, -0.15) is 0 Å². The van der Waals surface area contributed by atoms with E-state index in [0.29, 0.717) is 10.0 Å². The third kappa shape index (κ3) is 3.97. The summed E-state index contributed by atoms with van der Waals surface area (Å²) in [4.78, 5) is 0. The lowest BCUT2D eigenvalue weighted by atomic mass is 9.97. The first-order valence-corrected chi connectivity index (χ1v) is 7.73. The molecule has 0 amide bonds. The van der Waals surface area contributed by atoms with Crippen LogP contribution in [0.5, 0.6) is 0 Å². The van der Waals surface area contributed by atoms with Crippen LogP contribution in [-0.4, -0.2) is 6.54 Å². The van der Waals surface area contributed by atoms with Crippen LogP contribution in [-0.2, 0) is 0 Å². The molecular weight excluding hydrogens is 308 g/mol. The van der Waals surface area contributed by atoms with Crippen molar-refractivity contribution in [3.05, 3.63) is 69.0 Å². The van der Waals surface area contributed by atoms with Crippen molar-refractivity contribution in [3.8, 4) is 0 Å². The Kier molecular flexibility index (Phi) is 5.63. The Labute approximate surface area is 135 Å². The van der Waals surface area contributed by atoms with Gasteiger partial charge in [0.15, 0.2) is 0 Å². The predicted molar refractivity (Wildman–Crippen MR) is 87.7 cm³/mol. The van der Waals surface area contributed by atoms with E-state index in [-0.39, 0.29) is 11.9 Å². The van der Waals surface area contributed by atoms with Gasteiger partial charge in [0.05, 0.1) is 6.04 Å². The average Bonchev–Trinajstić information content (AvgIpc) is 2.46. The molecule has 0 saturated heterocycles. The smallest absolute Gasteiger partial charge is 0.123 e. The number of nitrogens with one attached hydrogen (secondary N) is 1. The highest BCUT2D eigenvalue weighted by Gasteiger charge is 2.18. The SMILES string of the molecule is CCCNC(c1ccc(C)c(Cl)c1)c1cc(F)ccc1Cl. The second-order valence-electron chi connectivity index (χ2n) is 5.06. The molecule has 0 spiro atoms. The first-order valence-electron chi connectivity index (χ1n) is 6.97. The second-order valence-corrected chi connectivity index (χ2v) is 5.88.